The highest BCUT2D eigenvalue weighted by atomic mass is 16.5. The third kappa shape index (κ3) is 3.84. The minimum absolute atomic E-state index is 0.0403. The molecule has 3 N–H and O–H groups in total. The Morgan fingerprint density at radius 3 is 2.94 bits per heavy atom. The smallest absolute Gasteiger partial charge is 0.331 e. The zero-order valence-electron chi connectivity index (χ0n) is 18.9. The first-order valence-corrected chi connectivity index (χ1v) is 11.0. The molecule has 0 spiro atoms. The standard InChI is InChI=1S/C24H26N6O3/c1-4-27-18-13-26-12-17(18)21(25)32-16-5-6-19-15(11-16)7-10-30(19)23(31)28-22-14(2)20(33-29-22)24(3)8-9-24/h4-7,10-11,25-26H,8-9,12-13H2,1-3H3,(H,28,29,31)/b25-21?,27-4-. The summed E-state index contributed by atoms with van der Waals surface area (Å²) in [5.41, 5.74) is 3.19. The molecule has 9 heteroatoms. The minimum atomic E-state index is -0.320. The van der Waals surface area contributed by atoms with Gasteiger partial charge in [0.2, 0.25) is 5.90 Å². The van der Waals surface area contributed by atoms with Crippen molar-refractivity contribution in [1.29, 1.82) is 5.41 Å². The maximum absolute atomic E-state index is 12.9. The maximum atomic E-state index is 12.9. The molecular formula is C24H26N6O3. The SMILES string of the molecule is C/C=N\C1=C(C(=N)Oc2ccc3c(ccn3C(=O)Nc3noc(C4(C)CC4)c3C)c2)CNC1. The number of carbonyl (C=O) groups excluding carboxylic acids is 1. The molecule has 3 aromatic rings. The van der Waals surface area contributed by atoms with Crippen LogP contribution < -0.4 is 15.4 Å². The number of benzene rings is 1. The van der Waals surface area contributed by atoms with Crippen LogP contribution in [-0.4, -0.2) is 41.0 Å². The number of rotatable bonds is 5. The first-order valence-electron chi connectivity index (χ1n) is 11.0. The average Bonchev–Trinajstić information content (AvgIpc) is 3.15. The van der Waals surface area contributed by atoms with Gasteiger partial charge in [0, 0.05) is 41.9 Å². The van der Waals surface area contributed by atoms with Gasteiger partial charge in [0.15, 0.2) is 5.82 Å². The van der Waals surface area contributed by atoms with Crippen molar-refractivity contribution in [3.05, 3.63) is 53.1 Å². The molecule has 0 saturated heterocycles. The first kappa shape index (κ1) is 21.1. The van der Waals surface area contributed by atoms with Crippen LogP contribution in [0.2, 0.25) is 0 Å². The van der Waals surface area contributed by atoms with Crippen molar-refractivity contribution < 1.29 is 14.1 Å². The lowest BCUT2D eigenvalue weighted by molar-refractivity contribution is 0.254. The number of fused-ring (bicyclic) bond motifs is 1. The van der Waals surface area contributed by atoms with Crippen molar-refractivity contribution in [2.75, 3.05) is 18.4 Å². The fraction of sp³-hybridized carbons (Fsp3) is 0.333. The van der Waals surface area contributed by atoms with Gasteiger partial charge in [-0.25, -0.2) is 4.79 Å². The van der Waals surface area contributed by atoms with Crippen molar-refractivity contribution in [1.82, 2.24) is 15.0 Å². The molecule has 1 fully saturated rings. The van der Waals surface area contributed by atoms with E-state index in [9.17, 15) is 4.79 Å². The summed E-state index contributed by atoms with van der Waals surface area (Å²) >= 11 is 0. The number of hydrogen-bond donors (Lipinski definition) is 3. The van der Waals surface area contributed by atoms with E-state index in [1.807, 2.05) is 26.0 Å². The predicted molar refractivity (Wildman–Crippen MR) is 127 cm³/mol. The van der Waals surface area contributed by atoms with Crippen LogP contribution in [0.4, 0.5) is 10.6 Å². The highest BCUT2D eigenvalue weighted by Crippen LogP contribution is 2.49. The Kier molecular flexibility index (Phi) is 5.13. The lowest BCUT2D eigenvalue weighted by Gasteiger charge is -2.09. The Hall–Kier alpha value is -3.72. The molecule has 0 atom stereocenters. The van der Waals surface area contributed by atoms with E-state index >= 15 is 0 Å². The monoisotopic (exact) mass is 446 g/mol. The Morgan fingerprint density at radius 2 is 2.18 bits per heavy atom. The average molecular weight is 447 g/mol. The Morgan fingerprint density at radius 1 is 1.36 bits per heavy atom. The second-order valence-electron chi connectivity index (χ2n) is 8.73. The highest BCUT2D eigenvalue weighted by molar-refractivity contribution is 5.99. The maximum Gasteiger partial charge on any atom is 0.331 e. The molecule has 170 valence electrons. The van der Waals surface area contributed by atoms with Crippen LogP contribution in [0.15, 0.2) is 51.2 Å². The summed E-state index contributed by atoms with van der Waals surface area (Å²) in [5, 5.41) is 19.3. The van der Waals surface area contributed by atoms with Gasteiger partial charge < -0.3 is 14.6 Å². The van der Waals surface area contributed by atoms with Crippen LogP contribution in [0.25, 0.3) is 10.9 Å². The first-order chi connectivity index (χ1) is 15.9. The fourth-order valence-electron chi connectivity index (χ4n) is 4.14. The number of nitrogens with one attached hydrogen (secondary N) is 3. The number of aromatic nitrogens is 2. The number of amides is 1. The van der Waals surface area contributed by atoms with Crippen LogP contribution in [-0.2, 0) is 5.41 Å². The fourth-order valence-corrected chi connectivity index (χ4v) is 4.14. The Labute approximate surface area is 191 Å². The number of carbonyl (C=O) groups is 1. The number of ether oxygens (including phenoxy) is 1. The summed E-state index contributed by atoms with van der Waals surface area (Å²) < 4.78 is 12.8. The summed E-state index contributed by atoms with van der Waals surface area (Å²) in [5.74, 6) is 1.89. The summed E-state index contributed by atoms with van der Waals surface area (Å²) in [6.45, 7) is 7.07. The molecule has 1 aliphatic carbocycles. The number of nitrogens with zero attached hydrogens (tertiary/aromatic N) is 3. The second kappa shape index (κ2) is 8.00. The molecule has 5 rings (SSSR count). The van der Waals surface area contributed by atoms with E-state index in [4.69, 9.17) is 14.7 Å². The van der Waals surface area contributed by atoms with Crippen LogP contribution in [0, 0.1) is 12.3 Å². The van der Waals surface area contributed by atoms with Crippen molar-refractivity contribution in [2.24, 2.45) is 4.99 Å². The molecule has 1 saturated carbocycles. The van der Waals surface area contributed by atoms with Crippen LogP contribution >= 0.6 is 0 Å². The zero-order valence-corrected chi connectivity index (χ0v) is 18.9. The van der Waals surface area contributed by atoms with Crippen molar-refractivity contribution >= 4 is 34.9 Å². The zero-order chi connectivity index (χ0) is 23.2. The van der Waals surface area contributed by atoms with Crippen LogP contribution in [0.3, 0.4) is 0 Å². The van der Waals surface area contributed by atoms with Gasteiger partial charge in [0.25, 0.3) is 0 Å². The molecule has 2 aliphatic rings. The van der Waals surface area contributed by atoms with E-state index in [0.717, 1.165) is 46.3 Å². The lowest BCUT2D eigenvalue weighted by atomic mass is 10.0. The van der Waals surface area contributed by atoms with E-state index in [-0.39, 0.29) is 17.3 Å². The van der Waals surface area contributed by atoms with Crippen LogP contribution in [0.1, 0.15) is 38.0 Å². The van der Waals surface area contributed by atoms with Gasteiger partial charge in [-0.3, -0.25) is 20.3 Å². The minimum Gasteiger partial charge on any atom is -0.439 e. The molecule has 0 unspecified atom stereocenters. The normalized spacial score (nSPS) is 17.2. The van der Waals surface area contributed by atoms with Gasteiger partial charge in [-0.15, -0.1) is 0 Å². The molecule has 3 heterocycles. The summed E-state index contributed by atoms with van der Waals surface area (Å²) in [6, 6.07) is 6.88. The molecule has 1 aromatic carbocycles. The molecule has 2 aromatic heterocycles. The number of anilines is 1. The van der Waals surface area contributed by atoms with Gasteiger partial charge >= 0.3 is 6.03 Å². The van der Waals surface area contributed by atoms with Crippen molar-refractivity contribution in [3.63, 3.8) is 0 Å². The van der Waals surface area contributed by atoms with E-state index in [1.165, 1.54) is 4.57 Å². The van der Waals surface area contributed by atoms with Crippen LogP contribution in [0.5, 0.6) is 5.75 Å². The van der Waals surface area contributed by atoms with E-state index in [1.54, 1.807) is 24.5 Å². The quantitative estimate of drug-likeness (QED) is 0.397. The van der Waals surface area contributed by atoms with E-state index < -0.39 is 0 Å². The summed E-state index contributed by atoms with van der Waals surface area (Å²) in [4.78, 5) is 17.2. The van der Waals surface area contributed by atoms with Crippen molar-refractivity contribution in [2.45, 2.75) is 39.0 Å². The predicted octanol–water partition coefficient (Wildman–Crippen LogP) is 4.37. The van der Waals surface area contributed by atoms with Gasteiger partial charge in [-0.2, -0.15) is 0 Å². The molecule has 33 heavy (non-hydrogen) atoms. The van der Waals surface area contributed by atoms with Gasteiger partial charge in [0.1, 0.15) is 11.5 Å². The van der Waals surface area contributed by atoms with Gasteiger partial charge in [-0.05, 0) is 51.0 Å². The van der Waals surface area contributed by atoms with Crippen molar-refractivity contribution in [3.8, 4) is 5.75 Å². The molecule has 0 bridgehead atoms. The summed E-state index contributed by atoms with van der Waals surface area (Å²) in [6.07, 6.45) is 5.55. The molecule has 0 radical (unpaired) electrons. The molecule has 1 aliphatic heterocycles. The summed E-state index contributed by atoms with van der Waals surface area (Å²) in [7, 11) is 0. The van der Waals surface area contributed by atoms with Gasteiger partial charge in [0.05, 0.1) is 16.8 Å². The third-order valence-corrected chi connectivity index (χ3v) is 6.30. The largest absolute Gasteiger partial charge is 0.439 e. The van der Waals surface area contributed by atoms with E-state index in [0.29, 0.717) is 24.7 Å². The molecule has 9 nitrogen and oxygen atoms in total. The van der Waals surface area contributed by atoms with E-state index in [2.05, 4.69) is 27.7 Å². The topological polar surface area (TPSA) is 118 Å². The highest BCUT2D eigenvalue weighted by Gasteiger charge is 2.44. The number of aliphatic imine (C=N–C) groups is 1. The third-order valence-electron chi connectivity index (χ3n) is 6.30. The molecular weight excluding hydrogens is 420 g/mol. The lowest BCUT2D eigenvalue weighted by Crippen LogP contribution is -2.19. The van der Waals surface area contributed by atoms with Gasteiger partial charge in [-0.1, -0.05) is 12.1 Å². The molecule has 1 amide bonds. The second-order valence-corrected chi connectivity index (χ2v) is 8.73. The Bertz CT molecular complexity index is 1330. The Balaban J connectivity index is 1.33. The number of hydrogen-bond acceptors (Lipinski definition) is 7.